The van der Waals surface area contributed by atoms with E-state index in [0.29, 0.717) is 17.0 Å². The van der Waals surface area contributed by atoms with Crippen LogP contribution >= 0.6 is 12.2 Å². The summed E-state index contributed by atoms with van der Waals surface area (Å²) in [5, 5.41) is 11.8. The number of carbonyl (C=O) groups is 3. The van der Waals surface area contributed by atoms with E-state index in [1.807, 2.05) is 24.3 Å². The topological polar surface area (TPSA) is 99.8 Å². The van der Waals surface area contributed by atoms with Crippen LogP contribution in [0, 0.1) is 0 Å². The Morgan fingerprint density at radius 1 is 1.12 bits per heavy atom. The molecule has 2 amide bonds. The molecule has 2 heterocycles. The first-order chi connectivity index (χ1) is 16.4. The zero-order valence-electron chi connectivity index (χ0n) is 18.4. The summed E-state index contributed by atoms with van der Waals surface area (Å²) in [6, 6.07) is 17.1. The van der Waals surface area contributed by atoms with E-state index >= 15 is 0 Å². The van der Waals surface area contributed by atoms with Crippen molar-refractivity contribution >= 4 is 46.9 Å². The maximum Gasteiger partial charge on any atom is 0.335 e. The van der Waals surface area contributed by atoms with Gasteiger partial charge < -0.3 is 9.52 Å². The average Bonchev–Trinajstić information content (AvgIpc) is 3.30. The number of carboxylic acid groups (broad SMARTS) is 1. The number of aromatic carboxylic acids is 1. The Hall–Kier alpha value is -4.04. The van der Waals surface area contributed by atoms with E-state index in [-0.39, 0.29) is 22.0 Å². The second-order valence-corrected chi connectivity index (χ2v) is 8.20. The lowest BCUT2D eigenvalue weighted by Gasteiger charge is -2.28. The van der Waals surface area contributed by atoms with Crippen LogP contribution in [0.4, 0.5) is 5.69 Å². The van der Waals surface area contributed by atoms with Crippen LogP contribution in [0.3, 0.4) is 0 Å². The smallest absolute Gasteiger partial charge is 0.335 e. The highest BCUT2D eigenvalue weighted by atomic mass is 32.1. The lowest BCUT2D eigenvalue weighted by atomic mass is 10.1. The summed E-state index contributed by atoms with van der Waals surface area (Å²) in [7, 11) is 0. The third-order valence-corrected chi connectivity index (χ3v) is 5.71. The number of unbranched alkanes of at least 4 members (excludes halogenated alkanes) is 1. The van der Waals surface area contributed by atoms with E-state index in [9.17, 15) is 19.5 Å². The molecule has 0 radical (unpaired) electrons. The number of amides is 2. The summed E-state index contributed by atoms with van der Waals surface area (Å²) >= 11 is 5.26. The third-order valence-electron chi connectivity index (χ3n) is 5.42. The molecule has 0 spiro atoms. The van der Waals surface area contributed by atoms with Crippen molar-refractivity contribution in [1.82, 2.24) is 5.32 Å². The van der Waals surface area contributed by atoms with Crippen molar-refractivity contribution in [2.45, 2.75) is 26.2 Å². The van der Waals surface area contributed by atoms with Gasteiger partial charge in [-0.3, -0.25) is 19.8 Å². The predicted molar refractivity (Wildman–Crippen MR) is 132 cm³/mol. The molecule has 8 heteroatoms. The van der Waals surface area contributed by atoms with Gasteiger partial charge >= 0.3 is 5.97 Å². The molecule has 0 bridgehead atoms. The lowest BCUT2D eigenvalue weighted by molar-refractivity contribution is -0.122. The van der Waals surface area contributed by atoms with Gasteiger partial charge in [-0.05, 0) is 73.1 Å². The second-order valence-electron chi connectivity index (χ2n) is 7.82. The third kappa shape index (κ3) is 4.82. The molecular weight excluding hydrogens is 452 g/mol. The van der Waals surface area contributed by atoms with Crippen molar-refractivity contribution in [1.29, 1.82) is 0 Å². The molecule has 2 aromatic carbocycles. The Labute approximate surface area is 201 Å². The number of aryl methyl sites for hydroxylation is 1. The van der Waals surface area contributed by atoms with E-state index in [1.54, 1.807) is 24.3 Å². The van der Waals surface area contributed by atoms with Gasteiger partial charge in [0.2, 0.25) is 0 Å². The molecular formula is C26H22N2O5S. The predicted octanol–water partition coefficient (Wildman–Crippen LogP) is 4.82. The summed E-state index contributed by atoms with van der Waals surface area (Å²) < 4.78 is 5.77. The van der Waals surface area contributed by atoms with Gasteiger partial charge in [-0.15, -0.1) is 0 Å². The van der Waals surface area contributed by atoms with Crippen LogP contribution in [-0.4, -0.2) is 28.0 Å². The van der Waals surface area contributed by atoms with E-state index in [2.05, 4.69) is 12.2 Å². The zero-order chi connectivity index (χ0) is 24.2. The van der Waals surface area contributed by atoms with Gasteiger partial charge in [0.15, 0.2) is 5.11 Å². The van der Waals surface area contributed by atoms with Gasteiger partial charge in [0, 0.05) is 5.56 Å². The van der Waals surface area contributed by atoms with Crippen LogP contribution in [0.25, 0.3) is 17.4 Å². The molecule has 0 atom stereocenters. The highest BCUT2D eigenvalue weighted by Crippen LogP contribution is 2.27. The summed E-state index contributed by atoms with van der Waals surface area (Å²) in [5.41, 5.74) is 2.29. The van der Waals surface area contributed by atoms with E-state index in [1.165, 1.54) is 23.1 Å². The number of carboxylic acids is 1. The van der Waals surface area contributed by atoms with Crippen molar-refractivity contribution in [2.24, 2.45) is 0 Å². The number of anilines is 1. The molecule has 7 nitrogen and oxygen atoms in total. The van der Waals surface area contributed by atoms with Crippen molar-refractivity contribution in [3.8, 4) is 11.3 Å². The fourth-order valence-electron chi connectivity index (χ4n) is 3.62. The summed E-state index contributed by atoms with van der Waals surface area (Å²) in [6.07, 6.45) is 4.48. The fraction of sp³-hybridized carbons (Fsp3) is 0.154. The first-order valence-electron chi connectivity index (χ1n) is 10.8. The molecule has 0 saturated carbocycles. The number of hydrogen-bond acceptors (Lipinski definition) is 5. The monoisotopic (exact) mass is 474 g/mol. The van der Waals surface area contributed by atoms with Gasteiger partial charge in [-0.1, -0.05) is 37.6 Å². The number of carbonyl (C=O) groups excluding carboxylic acids is 2. The Bertz CT molecular complexity index is 1310. The first kappa shape index (κ1) is 23.1. The average molecular weight is 475 g/mol. The molecule has 1 aromatic heterocycles. The van der Waals surface area contributed by atoms with Crippen LogP contribution in [0.1, 0.15) is 41.4 Å². The van der Waals surface area contributed by atoms with Gasteiger partial charge in [0.25, 0.3) is 11.8 Å². The molecule has 1 saturated heterocycles. The van der Waals surface area contributed by atoms with Crippen LogP contribution in [-0.2, 0) is 16.0 Å². The highest BCUT2D eigenvalue weighted by molar-refractivity contribution is 7.80. The Morgan fingerprint density at radius 2 is 1.88 bits per heavy atom. The number of benzene rings is 2. The number of nitrogens with one attached hydrogen (secondary N) is 1. The Kier molecular flexibility index (Phi) is 6.70. The number of furan rings is 1. The zero-order valence-corrected chi connectivity index (χ0v) is 19.2. The summed E-state index contributed by atoms with van der Waals surface area (Å²) in [6.45, 7) is 2.13. The van der Waals surface area contributed by atoms with E-state index in [0.717, 1.165) is 24.8 Å². The molecule has 34 heavy (non-hydrogen) atoms. The fourth-order valence-corrected chi connectivity index (χ4v) is 3.90. The Balaban J connectivity index is 1.60. The quantitative estimate of drug-likeness (QED) is 0.289. The number of thiocarbonyl (C=S) groups is 1. The van der Waals surface area contributed by atoms with Gasteiger partial charge in [0.05, 0.1) is 11.3 Å². The van der Waals surface area contributed by atoms with E-state index in [4.69, 9.17) is 16.6 Å². The lowest BCUT2D eigenvalue weighted by Crippen LogP contribution is -2.54. The minimum absolute atomic E-state index is 0.0130. The molecule has 172 valence electrons. The van der Waals surface area contributed by atoms with Crippen molar-refractivity contribution < 1.29 is 23.9 Å². The molecule has 1 fully saturated rings. The molecule has 4 rings (SSSR count). The summed E-state index contributed by atoms with van der Waals surface area (Å²) in [5.74, 6) is -1.53. The standard InChI is InChI=1S/C26H22N2O5S/c1-2-3-5-16-8-10-19(11-9-16)28-24(30)21(23(29)27-26(28)34)15-20-12-13-22(33-20)17-6-4-7-18(14-17)25(31)32/h4,6-15H,2-3,5H2,1H3,(H,31,32)(H,27,29,34). The Morgan fingerprint density at radius 3 is 2.59 bits per heavy atom. The van der Waals surface area contributed by atoms with Crippen LogP contribution < -0.4 is 10.2 Å². The highest BCUT2D eigenvalue weighted by Gasteiger charge is 2.34. The molecule has 1 aliphatic rings. The second kappa shape index (κ2) is 9.84. The van der Waals surface area contributed by atoms with Crippen molar-refractivity contribution in [2.75, 3.05) is 4.90 Å². The molecule has 2 N–H and O–H groups in total. The number of nitrogens with zero attached hydrogens (tertiary/aromatic N) is 1. The minimum atomic E-state index is -1.05. The van der Waals surface area contributed by atoms with E-state index < -0.39 is 17.8 Å². The molecule has 1 aliphatic heterocycles. The minimum Gasteiger partial charge on any atom is -0.478 e. The van der Waals surface area contributed by atoms with Crippen LogP contribution in [0.15, 0.2) is 70.7 Å². The largest absolute Gasteiger partial charge is 0.478 e. The number of hydrogen-bond donors (Lipinski definition) is 2. The maximum atomic E-state index is 13.2. The molecule has 0 aliphatic carbocycles. The van der Waals surface area contributed by atoms with Crippen LogP contribution in [0.5, 0.6) is 0 Å². The van der Waals surface area contributed by atoms with Gasteiger partial charge in [-0.2, -0.15) is 0 Å². The first-order valence-corrected chi connectivity index (χ1v) is 11.2. The normalized spacial score (nSPS) is 15.0. The molecule has 3 aromatic rings. The van der Waals surface area contributed by atoms with Gasteiger partial charge in [0.1, 0.15) is 17.1 Å². The summed E-state index contributed by atoms with van der Waals surface area (Å²) in [4.78, 5) is 38.3. The molecule has 0 unspecified atom stereocenters. The van der Waals surface area contributed by atoms with Gasteiger partial charge in [-0.25, -0.2) is 4.79 Å². The maximum absolute atomic E-state index is 13.2. The number of rotatable bonds is 7. The van der Waals surface area contributed by atoms with Crippen LogP contribution in [0.2, 0.25) is 0 Å². The SMILES string of the molecule is CCCCc1ccc(N2C(=O)C(=Cc3ccc(-c4cccc(C(=O)O)c4)o3)C(=O)NC2=S)cc1. The van der Waals surface area contributed by atoms with Crippen molar-refractivity contribution in [3.63, 3.8) is 0 Å². The van der Waals surface area contributed by atoms with Crippen molar-refractivity contribution in [3.05, 3.63) is 83.1 Å².